The SMILES string of the molecule is Nn1c(SCc2nc(-c3cccc(Cl)c3)no2)nnc1-c1ccccc1Br. The predicted octanol–water partition coefficient (Wildman–Crippen LogP) is 4.42. The first-order valence-corrected chi connectivity index (χ1v) is 9.94. The van der Waals surface area contributed by atoms with Gasteiger partial charge in [0.2, 0.25) is 16.9 Å². The molecule has 4 aromatic rings. The third-order valence-electron chi connectivity index (χ3n) is 3.65. The highest BCUT2D eigenvalue weighted by Gasteiger charge is 2.16. The minimum absolute atomic E-state index is 0.416. The molecule has 0 bridgehead atoms. The van der Waals surface area contributed by atoms with E-state index in [0.29, 0.717) is 33.5 Å². The minimum atomic E-state index is 0.416. The molecular weight excluding hydrogens is 452 g/mol. The molecule has 2 heterocycles. The van der Waals surface area contributed by atoms with Crippen molar-refractivity contribution in [2.45, 2.75) is 10.9 Å². The molecule has 0 aliphatic carbocycles. The van der Waals surface area contributed by atoms with Crippen LogP contribution in [0.5, 0.6) is 0 Å². The molecule has 0 saturated carbocycles. The molecule has 27 heavy (non-hydrogen) atoms. The lowest BCUT2D eigenvalue weighted by atomic mass is 10.2. The van der Waals surface area contributed by atoms with Gasteiger partial charge in [-0.1, -0.05) is 68.7 Å². The number of aromatic nitrogens is 5. The highest BCUT2D eigenvalue weighted by Crippen LogP contribution is 2.29. The van der Waals surface area contributed by atoms with Gasteiger partial charge in [-0.15, -0.1) is 10.2 Å². The number of hydrogen-bond donors (Lipinski definition) is 1. The molecule has 0 atom stereocenters. The summed E-state index contributed by atoms with van der Waals surface area (Å²) in [6, 6.07) is 15.0. The molecule has 0 aliphatic heterocycles. The van der Waals surface area contributed by atoms with Gasteiger partial charge in [-0.05, 0) is 24.3 Å². The first kappa shape index (κ1) is 18.0. The average Bonchev–Trinajstić information content (AvgIpc) is 3.28. The summed E-state index contributed by atoms with van der Waals surface area (Å²) in [5, 5.41) is 13.5. The highest BCUT2D eigenvalue weighted by molar-refractivity contribution is 9.10. The second-order valence-corrected chi connectivity index (χ2v) is 7.70. The highest BCUT2D eigenvalue weighted by atomic mass is 79.9. The fourth-order valence-corrected chi connectivity index (χ4v) is 3.73. The van der Waals surface area contributed by atoms with Crippen molar-refractivity contribution in [1.29, 1.82) is 0 Å². The Hall–Kier alpha value is -2.36. The van der Waals surface area contributed by atoms with Crippen molar-refractivity contribution in [2.24, 2.45) is 0 Å². The van der Waals surface area contributed by atoms with Gasteiger partial charge in [0, 0.05) is 20.6 Å². The van der Waals surface area contributed by atoms with E-state index >= 15 is 0 Å². The lowest BCUT2D eigenvalue weighted by Gasteiger charge is -2.04. The lowest BCUT2D eigenvalue weighted by Crippen LogP contribution is -2.11. The summed E-state index contributed by atoms with van der Waals surface area (Å²) >= 11 is 10.9. The number of benzene rings is 2. The third-order valence-corrected chi connectivity index (χ3v) is 5.51. The molecule has 2 N–H and O–H groups in total. The number of nitrogen functional groups attached to an aromatic ring is 1. The van der Waals surface area contributed by atoms with Crippen molar-refractivity contribution in [3.63, 3.8) is 0 Å². The Bertz CT molecular complexity index is 1100. The van der Waals surface area contributed by atoms with Crippen LogP contribution in [0.4, 0.5) is 0 Å². The van der Waals surface area contributed by atoms with Gasteiger partial charge in [0.1, 0.15) is 0 Å². The van der Waals surface area contributed by atoms with Crippen LogP contribution in [-0.2, 0) is 5.75 Å². The molecular formula is C17H12BrClN6OS. The zero-order chi connectivity index (χ0) is 18.8. The summed E-state index contributed by atoms with van der Waals surface area (Å²) < 4.78 is 7.64. The summed E-state index contributed by atoms with van der Waals surface area (Å²) in [6.45, 7) is 0. The fourth-order valence-electron chi connectivity index (χ4n) is 2.39. The largest absolute Gasteiger partial charge is 0.338 e. The monoisotopic (exact) mass is 462 g/mol. The van der Waals surface area contributed by atoms with E-state index < -0.39 is 0 Å². The number of rotatable bonds is 5. The second kappa shape index (κ2) is 7.71. The quantitative estimate of drug-likeness (QED) is 0.346. The Morgan fingerprint density at radius 2 is 2.00 bits per heavy atom. The number of halogens is 2. The molecule has 0 saturated heterocycles. The van der Waals surface area contributed by atoms with Gasteiger partial charge in [-0.3, -0.25) is 0 Å². The van der Waals surface area contributed by atoms with E-state index in [1.54, 1.807) is 12.1 Å². The lowest BCUT2D eigenvalue weighted by molar-refractivity contribution is 0.391. The zero-order valence-electron chi connectivity index (χ0n) is 13.7. The van der Waals surface area contributed by atoms with E-state index in [-0.39, 0.29) is 0 Å². The Morgan fingerprint density at radius 3 is 2.81 bits per heavy atom. The van der Waals surface area contributed by atoms with Crippen molar-refractivity contribution in [3.05, 3.63) is 63.9 Å². The number of nitrogens with zero attached hydrogens (tertiary/aromatic N) is 5. The van der Waals surface area contributed by atoms with Crippen LogP contribution in [0.2, 0.25) is 5.02 Å². The molecule has 0 amide bonds. The summed E-state index contributed by atoms with van der Waals surface area (Å²) in [7, 11) is 0. The van der Waals surface area contributed by atoms with E-state index in [9.17, 15) is 0 Å². The molecule has 0 unspecified atom stereocenters. The normalized spacial score (nSPS) is 11.0. The van der Waals surface area contributed by atoms with Gasteiger partial charge < -0.3 is 10.4 Å². The predicted molar refractivity (Wildman–Crippen MR) is 108 cm³/mol. The van der Waals surface area contributed by atoms with Crippen LogP contribution in [0.25, 0.3) is 22.8 Å². The van der Waals surface area contributed by atoms with E-state index in [2.05, 4.69) is 36.3 Å². The van der Waals surface area contributed by atoms with Crippen molar-refractivity contribution < 1.29 is 4.52 Å². The summed E-state index contributed by atoms with van der Waals surface area (Å²) in [4.78, 5) is 4.38. The van der Waals surface area contributed by atoms with Crippen LogP contribution in [-0.4, -0.2) is 25.0 Å². The van der Waals surface area contributed by atoms with Crippen LogP contribution in [0.1, 0.15) is 5.89 Å². The molecule has 0 aliphatic rings. The van der Waals surface area contributed by atoms with Gasteiger partial charge in [-0.2, -0.15) is 4.98 Å². The first-order chi connectivity index (χ1) is 13.1. The van der Waals surface area contributed by atoms with Gasteiger partial charge in [-0.25, -0.2) is 4.68 Å². The molecule has 2 aromatic heterocycles. The molecule has 4 rings (SSSR count). The van der Waals surface area contributed by atoms with Crippen molar-refractivity contribution in [3.8, 4) is 22.8 Å². The summed E-state index contributed by atoms with van der Waals surface area (Å²) in [6.07, 6.45) is 0. The van der Waals surface area contributed by atoms with Gasteiger partial charge >= 0.3 is 0 Å². The van der Waals surface area contributed by atoms with Crippen molar-refractivity contribution in [2.75, 3.05) is 5.84 Å². The van der Waals surface area contributed by atoms with Crippen molar-refractivity contribution >= 4 is 39.3 Å². The first-order valence-electron chi connectivity index (χ1n) is 7.78. The van der Waals surface area contributed by atoms with E-state index in [1.807, 2.05) is 36.4 Å². The maximum atomic E-state index is 6.15. The molecule has 0 fully saturated rings. The molecule has 2 aromatic carbocycles. The van der Waals surface area contributed by atoms with Crippen molar-refractivity contribution in [1.82, 2.24) is 25.0 Å². The number of thioether (sulfide) groups is 1. The maximum Gasteiger partial charge on any atom is 0.237 e. The van der Waals surface area contributed by atoms with Gasteiger partial charge in [0.15, 0.2) is 5.82 Å². The topological polar surface area (TPSA) is 95.7 Å². The summed E-state index contributed by atoms with van der Waals surface area (Å²) in [5.41, 5.74) is 1.65. The van der Waals surface area contributed by atoms with Gasteiger partial charge in [0.05, 0.1) is 5.75 Å². The van der Waals surface area contributed by atoms with Crippen LogP contribution in [0.3, 0.4) is 0 Å². The minimum Gasteiger partial charge on any atom is -0.338 e. The Balaban J connectivity index is 1.50. The van der Waals surface area contributed by atoms with Crippen LogP contribution in [0, 0.1) is 0 Å². The van der Waals surface area contributed by atoms with Crippen LogP contribution >= 0.6 is 39.3 Å². The fraction of sp³-hybridized carbons (Fsp3) is 0.0588. The van der Waals surface area contributed by atoms with Crippen LogP contribution < -0.4 is 5.84 Å². The molecule has 0 spiro atoms. The van der Waals surface area contributed by atoms with E-state index in [1.165, 1.54) is 16.4 Å². The standard InChI is InChI=1S/C17H12BrClN6OS/c18-13-7-2-1-6-12(13)16-22-23-17(25(16)20)27-9-14-21-15(24-26-14)10-4-3-5-11(19)8-10/h1-8H,9,20H2. The third kappa shape index (κ3) is 3.85. The number of nitrogens with two attached hydrogens (primary N) is 1. The van der Waals surface area contributed by atoms with E-state index in [4.69, 9.17) is 22.0 Å². The van der Waals surface area contributed by atoms with E-state index in [0.717, 1.165) is 15.6 Å². The summed E-state index contributed by atoms with van der Waals surface area (Å²) in [5.74, 6) is 8.07. The molecule has 0 radical (unpaired) electrons. The molecule has 10 heteroatoms. The molecule has 136 valence electrons. The average molecular weight is 464 g/mol. The number of hydrogen-bond acceptors (Lipinski definition) is 7. The Kier molecular flexibility index (Phi) is 5.15. The Morgan fingerprint density at radius 1 is 1.15 bits per heavy atom. The molecule has 7 nitrogen and oxygen atoms in total. The maximum absolute atomic E-state index is 6.15. The zero-order valence-corrected chi connectivity index (χ0v) is 16.9. The Labute approximate surface area is 172 Å². The smallest absolute Gasteiger partial charge is 0.237 e. The van der Waals surface area contributed by atoms with Gasteiger partial charge in [0.25, 0.3) is 0 Å². The second-order valence-electron chi connectivity index (χ2n) is 5.47. The van der Waals surface area contributed by atoms with Crippen LogP contribution in [0.15, 0.2) is 62.7 Å².